The second kappa shape index (κ2) is 8.85. The molecule has 2 aliphatic heterocycles. The fourth-order valence-corrected chi connectivity index (χ4v) is 3.70. The zero-order valence-electron chi connectivity index (χ0n) is 15.0. The molecule has 0 spiro atoms. The van der Waals surface area contributed by atoms with Crippen LogP contribution in [0, 0.1) is 0 Å². The molecule has 0 saturated carbocycles. The van der Waals surface area contributed by atoms with Gasteiger partial charge in [-0.15, -0.1) is 24.0 Å². The van der Waals surface area contributed by atoms with E-state index in [1.54, 1.807) is 0 Å². The zero-order valence-corrected chi connectivity index (χ0v) is 17.3. The zero-order chi connectivity index (χ0) is 17.1. The minimum absolute atomic E-state index is 0. The van der Waals surface area contributed by atoms with Gasteiger partial charge >= 0.3 is 0 Å². The van der Waals surface area contributed by atoms with Gasteiger partial charge in [0.1, 0.15) is 0 Å². The fraction of sp³-hybridized carbons (Fsp3) is 0.474. The third-order valence-electron chi connectivity index (χ3n) is 5.01. The van der Waals surface area contributed by atoms with Crippen molar-refractivity contribution in [3.05, 3.63) is 48.3 Å². The summed E-state index contributed by atoms with van der Waals surface area (Å²) in [5.41, 5.74) is 2.28. The lowest BCUT2D eigenvalue weighted by molar-refractivity contribution is 0.0992. The number of ether oxygens (including phenoxy) is 1. The van der Waals surface area contributed by atoms with Gasteiger partial charge < -0.3 is 15.4 Å². The van der Waals surface area contributed by atoms with Gasteiger partial charge in [0.05, 0.1) is 30.1 Å². The van der Waals surface area contributed by atoms with E-state index in [4.69, 9.17) is 4.74 Å². The number of guanidine groups is 1. The highest BCUT2D eigenvalue weighted by atomic mass is 127. The van der Waals surface area contributed by atoms with E-state index in [0.717, 1.165) is 37.5 Å². The van der Waals surface area contributed by atoms with E-state index in [1.165, 1.54) is 12.0 Å². The summed E-state index contributed by atoms with van der Waals surface area (Å²) in [6.45, 7) is 0.821. The number of para-hydroxylation sites is 1. The average molecular weight is 467 g/mol. The first kappa shape index (κ1) is 19.2. The van der Waals surface area contributed by atoms with Gasteiger partial charge in [-0.2, -0.15) is 5.10 Å². The minimum atomic E-state index is 0. The van der Waals surface area contributed by atoms with Crippen molar-refractivity contribution in [2.75, 3.05) is 13.6 Å². The number of benzene rings is 1. The van der Waals surface area contributed by atoms with E-state index in [9.17, 15) is 0 Å². The van der Waals surface area contributed by atoms with Crippen molar-refractivity contribution in [3.63, 3.8) is 0 Å². The van der Waals surface area contributed by atoms with Crippen LogP contribution in [0.4, 0.5) is 0 Å². The van der Waals surface area contributed by atoms with Crippen molar-refractivity contribution in [3.8, 4) is 5.69 Å². The molecule has 1 aromatic heterocycles. The van der Waals surface area contributed by atoms with Crippen molar-refractivity contribution in [2.45, 2.75) is 43.9 Å². The Hall–Kier alpha value is -1.61. The highest BCUT2D eigenvalue weighted by molar-refractivity contribution is 14.0. The summed E-state index contributed by atoms with van der Waals surface area (Å²) in [5, 5.41) is 11.3. The van der Waals surface area contributed by atoms with E-state index >= 15 is 0 Å². The lowest BCUT2D eigenvalue weighted by Gasteiger charge is -2.22. The second-order valence-corrected chi connectivity index (χ2v) is 6.74. The average Bonchev–Trinajstić information content (AvgIpc) is 3.38. The first-order chi connectivity index (χ1) is 12.3. The molecule has 140 valence electrons. The van der Waals surface area contributed by atoms with E-state index in [2.05, 4.69) is 39.1 Å². The molecule has 2 fully saturated rings. The summed E-state index contributed by atoms with van der Waals surface area (Å²) in [6, 6.07) is 10.6. The molecule has 3 unspecified atom stereocenters. The van der Waals surface area contributed by atoms with Crippen LogP contribution in [-0.4, -0.2) is 47.6 Å². The van der Waals surface area contributed by atoms with Gasteiger partial charge in [-0.25, -0.2) is 4.68 Å². The summed E-state index contributed by atoms with van der Waals surface area (Å²) < 4.78 is 7.80. The summed E-state index contributed by atoms with van der Waals surface area (Å²) >= 11 is 0. The Morgan fingerprint density at radius 1 is 1.31 bits per heavy atom. The Bertz CT molecular complexity index is 733. The summed E-state index contributed by atoms with van der Waals surface area (Å²) in [7, 11) is 1.82. The summed E-state index contributed by atoms with van der Waals surface area (Å²) in [5.74, 6) is 0.858. The quantitative estimate of drug-likeness (QED) is 0.403. The van der Waals surface area contributed by atoms with Crippen LogP contribution in [-0.2, 0) is 11.2 Å². The molecule has 2 aromatic rings. The Balaban J connectivity index is 0.00000196. The molecule has 0 aliphatic carbocycles. The van der Waals surface area contributed by atoms with Crippen LogP contribution in [0.2, 0.25) is 0 Å². The number of halogens is 1. The van der Waals surface area contributed by atoms with Gasteiger partial charge in [0, 0.05) is 19.8 Å². The lowest BCUT2D eigenvalue weighted by atomic mass is 9.96. The number of aromatic nitrogens is 2. The van der Waals surface area contributed by atoms with Crippen molar-refractivity contribution in [2.24, 2.45) is 4.99 Å². The largest absolute Gasteiger partial charge is 0.373 e. The van der Waals surface area contributed by atoms with Crippen LogP contribution in [0.15, 0.2) is 47.7 Å². The van der Waals surface area contributed by atoms with Crippen LogP contribution < -0.4 is 10.6 Å². The Morgan fingerprint density at radius 2 is 2.15 bits per heavy atom. The first-order valence-electron chi connectivity index (χ1n) is 9.03. The van der Waals surface area contributed by atoms with Gasteiger partial charge in [0.2, 0.25) is 0 Å². The minimum Gasteiger partial charge on any atom is -0.373 e. The molecular formula is C19H26IN5O. The topological polar surface area (TPSA) is 63.5 Å². The van der Waals surface area contributed by atoms with E-state index < -0.39 is 0 Å². The van der Waals surface area contributed by atoms with Crippen LogP contribution in [0.1, 0.15) is 24.8 Å². The number of nitrogens with zero attached hydrogens (tertiary/aromatic N) is 3. The Morgan fingerprint density at radius 3 is 2.85 bits per heavy atom. The number of fused-ring (bicyclic) bond motifs is 2. The van der Waals surface area contributed by atoms with Gasteiger partial charge in [-0.05, 0) is 43.4 Å². The standard InChI is InChI=1S/C19H25N5O.HI/c1-20-19(23-17-11-16-7-8-18(17)25-16)21-10-9-14-12-22-24(13-14)15-5-3-2-4-6-15;/h2-6,12-13,16-18H,7-11H2,1H3,(H2,20,21,23);1H. The Kier molecular flexibility index (Phi) is 6.53. The lowest BCUT2D eigenvalue weighted by Crippen LogP contribution is -2.47. The number of aliphatic imine (C=N–C) groups is 1. The number of hydrogen-bond acceptors (Lipinski definition) is 3. The maximum Gasteiger partial charge on any atom is 0.191 e. The maximum absolute atomic E-state index is 5.89. The molecule has 0 amide bonds. The van der Waals surface area contributed by atoms with Gasteiger partial charge in [-0.1, -0.05) is 18.2 Å². The normalized spacial score (nSPS) is 24.3. The molecule has 2 bridgehead atoms. The highest BCUT2D eigenvalue weighted by Crippen LogP contribution is 2.34. The van der Waals surface area contributed by atoms with E-state index in [0.29, 0.717) is 18.2 Å². The van der Waals surface area contributed by atoms with Crippen LogP contribution in [0.3, 0.4) is 0 Å². The molecule has 6 nitrogen and oxygen atoms in total. The van der Waals surface area contributed by atoms with E-state index in [-0.39, 0.29) is 24.0 Å². The monoisotopic (exact) mass is 467 g/mol. The molecule has 2 N–H and O–H groups in total. The van der Waals surface area contributed by atoms with Crippen molar-refractivity contribution in [1.82, 2.24) is 20.4 Å². The van der Waals surface area contributed by atoms with Crippen LogP contribution in [0.5, 0.6) is 0 Å². The van der Waals surface area contributed by atoms with Gasteiger partial charge in [-0.3, -0.25) is 4.99 Å². The molecule has 0 radical (unpaired) electrons. The van der Waals surface area contributed by atoms with Crippen molar-refractivity contribution < 1.29 is 4.74 Å². The van der Waals surface area contributed by atoms with E-state index in [1.807, 2.05) is 36.1 Å². The first-order valence-corrected chi connectivity index (χ1v) is 9.03. The SMILES string of the molecule is CN=C(NCCc1cnn(-c2ccccc2)c1)NC1CC2CCC1O2.I. The van der Waals surface area contributed by atoms with Gasteiger partial charge in [0.15, 0.2) is 5.96 Å². The number of nitrogens with one attached hydrogen (secondary N) is 2. The molecule has 7 heteroatoms. The molecule has 1 aromatic carbocycles. The predicted molar refractivity (Wildman–Crippen MR) is 113 cm³/mol. The third kappa shape index (κ3) is 4.37. The summed E-state index contributed by atoms with van der Waals surface area (Å²) in [6.07, 6.45) is 9.18. The molecule has 3 atom stereocenters. The third-order valence-corrected chi connectivity index (χ3v) is 5.01. The fourth-order valence-electron chi connectivity index (χ4n) is 3.70. The maximum atomic E-state index is 5.89. The second-order valence-electron chi connectivity index (χ2n) is 6.74. The molecule has 3 heterocycles. The van der Waals surface area contributed by atoms with Crippen LogP contribution >= 0.6 is 24.0 Å². The van der Waals surface area contributed by atoms with Crippen molar-refractivity contribution >= 4 is 29.9 Å². The van der Waals surface area contributed by atoms with Crippen molar-refractivity contribution in [1.29, 1.82) is 0 Å². The predicted octanol–water partition coefficient (Wildman–Crippen LogP) is 2.52. The number of rotatable bonds is 5. The van der Waals surface area contributed by atoms with Gasteiger partial charge in [0.25, 0.3) is 0 Å². The summed E-state index contributed by atoms with van der Waals surface area (Å²) in [4.78, 5) is 4.34. The number of hydrogen-bond donors (Lipinski definition) is 2. The molecule has 26 heavy (non-hydrogen) atoms. The van der Waals surface area contributed by atoms with Crippen LogP contribution in [0.25, 0.3) is 5.69 Å². The Labute approximate surface area is 171 Å². The highest BCUT2D eigenvalue weighted by Gasteiger charge is 2.41. The molecule has 4 rings (SSSR count). The molecule has 2 aliphatic rings. The molecule has 2 saturated heterocycles. The smallest absolute Gasteiger partial charge is 0.191 e. The molecular weight excluding hydrogens is 441 g/mol.